The van der Waals surface area contributed by atoms with Crippen LogP contribution in [0.3, 0.4) is 0 Å². The smallest absolute Gasteiger partial charge is 0.475 e. The van der Waals surface area contributed by atoms with Gasteiger partial charge in [-0.25, -0.2) is 4.39 Å². The molecule has 9 heteroatoms. The van der Waals surface area contributed by atoms with Crippen LogP contribution in [-0.4, -0.2) is 48.1 Å². The van der Waals surface area contributed by atoms with E-state index in [1.165, 1.54) is 24.3 Å². The molecule has 156 valence electrons. The lowest BCUT2D eigenvalue weighted by Crippen LogP contribution is -2.51. The van der Waals surface area contributed by atoms with E-state index in [0.29, 0.717) is 6.61 Å². The third-order valence-corrected chi connectivity index (χ3v) is 4.93. The van der Waals surface area contributed by atoms with Crippen LogP contribution in [-0.2, 0) is 9.59 Å². The normalized spacial score (nSPS) is 15.5. The molecule has 7 nitrogen and oxygen atoms in total. The summed E-state index contributed by atoms with van der Waals surface area (Å²) in [6.45, 7) is 3.23. The molecule has 0 saturated heterocycles. The van der Waals surface area contributed by atoms with E-state index in [0.717, 1.165) is 22.3 Å². The molecular formula is C21H22BFN2O5. The highest BCUT2D eigenvalue weighted by Gasteiger charge is 2.33. The Bertz CT molecular complexity index is 939. The molecule has 2 atom stereocenters. The lowest BCUT2D eigenvalue weighted by molar-refractivity contribution is -0.122. The van der Waals surface area contributed by atoms with Crippen molar-refractivity contribution in [1.29, 1.82) is 0 Å². The van der Waals surface area contributed by atoms with Crippen molar-refractivity contribution in [3.8, 4) is 5.75 Å². The van der Waals surface area contributed by atoms with Crippen LogP contribution in [0.2, 0.25) is 0 Å². The van der Waals surface area contributed by atoms with Gasteiger partial charge in [-0.2, -0.15) is 0 Å². The highest BCUT2D eigenvalue weighted by molar-refractivity contribution is 6.43. The van der Waals surface area contributed by atoms with Crippen LogP contribution in [0.5, 0.6) is 5.75 Å². The Balaban J connectivity index is 1.71. The fraction of sp³-hybridized carbons (Fsp3) is 0.238. The molecule has 2 unspecified atom stereocenters. The number of anilines is 1. The van der Waals surface area contributed by atoms with Gasteiger partial charge in [-0.05, 0) is 30.7 Å². The minimum atomic E-state index is -1.82. The van der Waals surface area contributed by atoms with Crippen LogP contribution in [0.4, 0.5) is 10.1 Å². The number of carbonyl (C=O) groups is 2. The maximum Gasteiger partial charge on any atom is 0.475 e. The number of hydrogen-bond donors (Lipinski definition) is 3. The van der Waals surface area contributed by atoms with E-state index in [4.69, 9.17) is 4.74 Å². The first-order chi connectivity index (χ1) is 14.4. The van der Waals surface area contributed by atoms with Crippen molar-refractivity contribution in [3.05, 3.63) is 72.6 Å². The fourth-order valence-electron chi connectivity index (χ4n) is 3.44. The Morgan fingerprint density at radius 1 is 1.27 bits per heavy atom. The van der Waals surface area contributed by atoms with Crippen molar-refractivity contribution in [3.63, 3.8) is 0 Å². The Morgan fingerprint density at radius 2 is 1.97 bits per heavy atom. The number of amides is 2. The van der Waals surface area contributed by atoms with Gasteiger partial charge in [-0.3, -0.25) is 14.5 Å². The molecule has 1 heterocycles. The molecule has 2 aromatic carbocycles. The van der Waals surface area contributed by atoms with E-state index in [1.807, 2.05) is 24.3 Å². The molecule has 0 aromatic heterocycles. The fourth-order valence-corrected chi connectivity index (χ4v) is 3.44. The zero-order valence-corrected chi connectivity index (χ0v) is 16.2. The lowest BCUT2D eigenvalue weighted by Gasteiger charge is -2.24. The van der Waals surface area contributed by atoms with Gasteiger partial charge < -0.3 is 20.1 Å². The quantitative estimate of drug-likeness (QED) is 0.450. The lowest BCUT2D eigenvalue weighted by atomic mass is 9.73. The van der Waals surface area contributed by atoms with E-state index < -0.39 is 37.2 Å². The molecular weight excluding hydrogens is 390 g/mol. The maximum absolute atomic E-state index is 14.1. The minimum absolute atomic E-state index is 0.0724. The Hall–Kier alpha value is -3.17. The van der Waals surface area contributed by atoms with Crippen molar-refractivity contribution < 1.29 is 28.8 Å². The number of carbonyl (C=O) groups excluding carboxylic acids is 2. The standard InChI is InChI=1S/C21H22BFN2O5/c1-2-21(27)25(17-9-5-4-8-16(17)23)12-20(26)24-19(22(28)29)11-14-13-30-18-10-6-3-7-15(14)18/h2-10,14,19,28-29H,1,11-13H2,(H,24,26). The second-order valence-corrected chi connectivity index (χ2v) is 6.95. The van der Waals surface area contributed by atoms with Crippen LogP contribution < -0.4 is 15.0 Å². The van der Waals surface area contributed by atoms with Crippen LogP contribution in [0.25, 0.3) is 0 Å². The summed E-state index contributed by atoms with van der Waals surface area (Å²) in [4.78, 5) is 25.7. The third kappa shape index (κ3) is 4.87. The van der Waals surface area contributed by atoms with Crippen molar-refractivity contribution in [2.45, 2.75) is 18.3 Å². The van der Waals surface area contributed by atoms with E-state index in [9.17, 15) is 24.0 Å². The predicted molar refractivity (Wildman–Crippen MR) is 110 cm³/mol. The molecule has 1 aliphatic heterocycles. The molecule has 0 aliphatic carbocycles. The number of rotatable bonds is 8. The second kappa shape index (κ2) is 9.56. The van der Waals surface area contributed by atoms with Crippen LogP contribution in [0, 0.1) is 5.82 Å². The number of hydrogen-bond acceptors (Lipinski definition) is 5. The molecule has 0 radical (unpaired) electrons. The molecule has 0 spiro atoms. The number of para-hydroxylation sites is 2. The van der Waals surface area contributed by atoms with Gasteiger partial charge in [0.15, 0.2) is 0 Å². The van der Waals surface area contributed by atoms with Gasteiger partial charge in [-0.15, -0.1) is 0 Å². The summed E-state index contributed by atoms with van der Waals surface area (Å²) < 4.78 is 19.7. The highest BCUT2D eigenvalue weighted by atomic mass is 19.1. The topological polar surface area (TPSA) is 99.1 Å². The Kier molecular flexibility index (Phi) is 6.86. The van der Waals surface area contributed by atoms with Gasteiger partial charge in [-0.1, -0.05) is 36.9 Å². The highest BCUT2D eigenvalue weighted by Crippen LogP contribution is 2.36. The minimum Gasteiger partial charge on any atom is -0.493 e. The van der Waals surface area contributed by atoms with Crippen molar-refractivity contribution in [2.75, 3.05) is 18.1 Å². The molecule has 0 fully saturated rings. The summed E-state index contributed by atoms with van der Waals surface area (Å²) in [5.74, 6) is -2.40. The molecule has 2 amide bonds. The van der Waals surface area contributed by atoms with Crippen LogP contribution >= 0.6 is 0 Å². The summed E-state index contributed by atoms with van der Waals surface area (Å²) in [7, 11) is -1.82. The van der Waals surface area contributed by atoms with Gasteiger partial charge in [0.05, 0.1) is 18.2 Å². The molecule has 0 saturated carbocycles. The summed E-state index contributed by atoms with van der Waals surface area (Å²) in [5.41, 5.74) is 0.851. The molecule has 0 bridgehead atoms. The molecule has 30 heavy (non-hydrogen) atoms. The number of benzene rings is 2. The van der Waals surface area contributed by atoms with E-state index in [1.54, 1.807) is 0 Å². The average molecular weight is 412 g/mol. The predicted octanol–water partition coefficient (Wildman–Crippen LogP) is 1.41. The van der Waals surface area contributed by atoms with Crippen molar-refractivity contribution in [1.82, 2.24) is 5.32 Å². The Labute approximate surface area is 173 Å². The van der Waals surface area contributed by atoms with Gasteiger partial charge in [0.25, 0.3) is 5.91 Å². The summed E-state index contributed by atoms with van der Waals surface area (Å²) in [6.07, 6.45) is 1.19. The Morgan fingerprint density at radius 3 is 2.67 bits per heavy atom. The number of ether oxygens (including phenoxy) is 1. The van der Waals surface area contributed by atoms with E-state index in [-0.39, 0.29) is 18.0 Å². The molecule has 3 N–H and O–H groups in total. The molecule has 2 aromatic rings. The van der Waals surface area contributed by atoms with Crippen molar-refractivity contribution in [2.24, 2.45) is 0 Å². The number of nitrogens with zero attached hydrogens (tertiary/aromatic N) is 1. The van der Waals surface area contributed by atoms with Crippen LogP contribution in [0.1, 0.15) is 17.9 Å². The van der Waals surface area contributed by atoms with E-state index in [2.05, 4.69) is 11.9 Å². The molecule has 1 aliphatic rings. The van der Waals surface area contributed by atoms with Gasteiger partial charge in [0.2, 0.25) is 5.91 Å². The first-order valence-corrected chi connectivity index (χ1v) is 9.46. The molecule has 3 rings (SSSR count). The average Bonchev–Trinajstić information content (AvgIpc) is 3.14. The van der Waals surface area contributed by atoms with Gasteiger partial charge >= 0.3 is 7.12 Å². The third-order valence-electron chi connectivity index (χ3n) is 4.93. The van der Waals surface area contributed by atoms with Crippen molar-refractivity contribution >= 4 is 24.6 Å². The first kappa shape index (κ1) is 21.5. The maximum atomic E-state index is 14.1. The summed E-state index contributed by atoms with van der Waals surface area (Å²) >= 11 is 0. The zero-order chi connectivity index (χ0) is 21.7. The van der Waals surface area contributed by atoms with E-state index >= 15 is 0 Å². The number of nitrogens with one attached hydrogen (secondary N) is 1. The summed E-state index contributed by atoms with van der Waals surface area (Å²) in [6, 6.07) is 13.0. The van der Waals surface area contributed by atoms with Crippen LogP contribution in [0.15, 0.2) is 61.2 Å². The summed E-state index contributed by atoms with van der Waals surface area (Å²) in [5, 5.41) is 22.1. The first-order valence-electron chi connectivity index (χ1n) is 9.46. The van der Waals surface area contributed by atoms with Gasteiger partial charge in [0.1, 0.15) is 18.1 Å². The zero-order valence-electron chi connectivity index (χ0n) is 16.2. The SMILES string of the molecule is C=CC(=O)N(CC(=O)NC(CC1COc2ccccc21)B(O)O)c1ccccc1F. The number of fused-ring (bicyclic) bond motifs is 1. The second-order valence-electron chi connectivity index (χ2n) is 6.95. The number of halogens is 1. The largest absolute Gasteiger partial charge is 0.493 e. The monoisotopic (exact) mass is 412 g/mol. The van der Waals surface area contributed by atoms with Gasteiger partial charge in [0, 0.05) is 11.5 Å².